The number of amides is 1. The number of aryl methyl sites for hydroxylation is 1. The fourth-order valence-corrected chi connectivity index (χ4v) is 3.99. The van der Waals surface area contributed by atoms with Gasteiger partial charge in [0.05, 0.1) is 12.8 Å². The Morgan fingerprint density at radius 3 is 2.32 bits per heavy atom. The molecule has 0 saturated carbocycles. The van der Waals surface area contributed by atoms with E-state index in [-0.39, 0.29) is 11.5 Å². The Balaban J connectivity index is 1.71. The molecule has 6 heteroatoms. The molecule has 6 nitrogen and oxygen atoms in total. The fraction of sp³-hybridized carbons (Fsp3) is 0.320. The van der Waals surface area contributed by atoms with Gasteiger partial charge in [-0.25, -0.2) is 4.68 Å². The number of nitrogens with one attached hydrogen (secondary N) is 1. The average Bonchev–Trinajstić information content (AvgIpc) is 2.80. The van der Waals surface area contributed by atoms with Crippen LogP contribution < -0.4 is 15.6 Å². The van der Waals surface area contributed by atoms with Crippen LogP contribution in [-0.4, -0.2) is 22.8 Å². The highest BCUT2D eigenvalue weighted by Crippen LogP contribution is 2.29. The smallest absolute Gasteiger partial charge is 0.271 e. The van der Waals surface area contributed by atoms with Crippen LogP contribution in [0.2, 0.25) is 0 Å². The average molecular weight is 418 g/mol. The van der Waals surface area contributed by atoms with Crippen molar-refractivity contribution in [2.24, 2.45) is 0 Å². The van der Waals surface area contributed by atoms with E-state index in [0.29, 0.717) is 11.4 Å². The first kappa shape index (κ1) is 20.8. The predicted octanol–water partition coefficient (Wildman–Crippen LogP) is 4.31. The maximum atomic E-state index is 13.2. The number of methoxy groups -OCH3 is 1. The number of carbonyl (C=O) groups excluding carboxylic acids is 1. The summed E-state index contributed by atoms with van der Waals surface area (Å²) in [6, 6.07) is 14.5. The van der Waals surface area contributed by atoms with Gasteiger partial charge in [0.15, 0.2) is 0 Å². The number of ether oxygens (including phenoxy) is 1. The molecule has 0 saturated heterocycles. The van der Waals surface area contributed by atoms with Crippen molar-refractivity contribution in [1.29, 1.82) is 0 Å². The molecule has 2 aromatic carbocycles. The Bertz CT molecular complexity index is 1150. The number of fused-ring (bicyclic) bond motifs is 1. The second-order valence-corrected chi connectivity index (χ2v) is 8.02. The van der Waals surface area contributed by atoms with Crippen molar-refractivity contribution in [3.8, 4) is 17.0 Å². The van der Waals surface area contributed by atoms with Crippen LogP contribution in [0, 0.1) is 6.92 Å². The Morgan fingerprint density at radius 2 is 1.68 bits per heavy atom. The topological polar surface area (TPSA) is 73.2 Å². The minimum Gasteiger partial charge on any atom is -0.497 e. The molecule has 3 aromatic rings. The molecule has 1 N–H and O–H groups in total. The zero-order valence-corrected chi connectivity index (χ0v) is 18.1. The van der Waals surface area contributed by atoms with Gasteiger partial charge < -0.3 is 10.1 Å². The minimum atomic E-state index is -0.744. The van der Waals surface area contributed by atoms with Crippen LogP contribution in [-0.2, 0) is 17.6 Å². The lowest BCUT2D eigenvalue weighted by Crippen LogP contribution is -2.37. The summed E-state index contributed by atoms with van der Waals surface area (Å²) in [5, 5.41) is 7.57. The van der Waals surface area contributed by atoms with Gasteiger partial charge in [-0.05, 0) is 69.4 Å². The minimum absolute atomic E-state index is 0.164. The molecule has 31 heavy (non-hydrogen) atoms. The number of anilines is 1. The molecule has 1 heterocycles. The molecule has 160 valence electrons. The molecule has 1 amide bonds. The second kappa shape index (κ2) is 8.76. The lowest BCUT2D eigenvalue weighted by Gasteiger charge is -2.22. The highest BCUT2D eigenvalue weighted by molar-refractivity contribution is 5.93. The largest absolute Gasteiger partial charge is 0.497 e. The highest BCUT2D eigenvalue weighted by atomic mass is 16.5. The van der Waals surface area contributed by atoms with Crippen LogP contribution in [0.4, 0.5) is 5.69 Å². The van der Waals surface area contributed by atoms with Crippen molar-refractivity contribution < 1.29 is 9.53 Å². The van der Waals surface area contributed by atoms with Gasteiger partial charge in [-0.3, -0.25) is 9.59 Å². The summed E-state index contributed by atoms with van der Waals surface area (Å²) in [6.45, 7) is 3.75. The maximum Gasteiger partial charge on any atom is 0.271 e. The normalized spacial score (nSPS) is 13.9. The molecule has 0 aliphatic heterocycles. The second-order valence-electron chi connectivity index (χ2n) is 8.02. The van der Waals surface area contributed by atoms with Gasteiger partial charge in [-0.2, -0.15) is 5.10 Å². The molecule has 4 rings (SSSR count). The van der Waals surface area contributed by atoms with E-state index in [1.165, 1.54) is 4.68 Å². The number of aromatic nitrogens is 2. The van der Waals surface area contributed by atoms with Gasteiger partial charge in [0, 0.05) is 16.8 Å². The number of carbonyl (C=O) groups is 1. The van der Waals surface area contributed by atoms with Crippen molar-refractivity contribution in [1.82, 2.24) is 9.78 Å². The summed E-state index contributed by atoms with van der Waals surface area (Å²) in [7, 11) is 1.59. The first-order valence-electron chi connectivity index (χ1n) is 10.6. The third-order valence-electron chi connectivity index (χ3n) is 5.86. The molecule has 1 aliphatic rings. The Morgan fingerprint density at radius 1 is 1.03 bits per heavy atom. The van der Waals surface area contributed by atoms with Crippen LogP contribution >= 0.6 is 0 Å². The third kappa shape index (κ3) is 4.24. The number of hydrogen-bond donors (Lipinski definition) is 1. The van der Waals surface area contributed by atoms with Gasteiger partial charge in [0.2, 0.25) is 5.91 Å². The van der Waals surface area contributed by atoms with E-state index < -0.39 is 6.04 Å². The zero-order chi connectivity index (χ0) is 22.0. The Labute approximate surface area is 181 Å². The van der Waals surface area contributed by atoms with Crippen LogP contribution in [0.25, 0.3) is 11.3 Å². The van der Waals surface area contributed by atoms with E-state index in [0.717, 1.165) is 53.6 Å². The molecule has 1 aromatic heterocycles. The summed E-state index contributed by atoms with van der Waals surface area (Å²) in [5.41, 5.74) is 5.24. The SMILES string of the molecule is COc1ccc(NC(=O)[C@@H](C)n2nc(-c3ccc(C)cc3)c3c(c2=O)CCCC3)cc1. The summed E-state index contributed by atoms with van der Waals surface area (Å²) in [4.78, 5) is 26.2. The van der Waals surface area contributed by atoms with Crippen LogP contribution in [0.15, 0.2) is 53.3 Å². The van der Waals surface area contributed by atoms with Gasteiger partial charge in [-0.1, -0.05) is 29.8 Å². The fourth-order valence-electron chi connectivity index (χ4n) is 3.99. The molecular formula is C25H27N3O3. The molecule has 0 spiro atoms. The lowest BCUT2D eigenvalue weighted by atomic mass is 9.89. The van der Waals surface area contributed by atoms with Crippen LogP contribution in [0.3, 0.4) is 0 Å². The zero-order valence-electron chi connectivity index (χ0n) is 18.1. The highest BCUT2D eigenvalue weighted by Gasteiger charge is 2.25. The first-order chi connectivity index (χ1) is 15.0. The van der Waals surface area contributed by atoms with Crippen LogP contribution in [0.5, 0.6) is 5.75 Å². The van der Waals surface area contributed by atoms with E-state index in [9.17, 15) is 9.59 Å². The molecule has 0 fully saturated rings. The summed E-state index contributed by atoms with van der Waals surface area (Å²) in [6.07, 6.45) is 3.59. The monoisotopic (exact) mass is 417 g/mol. The number of hydrogen-bond acceptors (Lipinski definition) is 4. The Kier molecular flexibility index (Phi) is 5.89. The third-order valence-corrected chi connectivity index (χ3v) is 5.86. The first-order valence-corrected chi connectivity index (χ1v) is 10.6. The van der Waals surface area contributed by atoms with Crippen molar-refractivity contribution >= 4 is 11.6 Å². The van der Waals surface area contributed by atoms with E-state index >= 15 is 0 Å². The van der Waals surface area contributed by atoms with Crippen molar-refractivity contribution in [2.45, 2.75) is 45.6 Å². The lowest BCUT2D eigenvalue weighted by molar-refractivity contribution is -0.119. The van der Waals surface area contributed by atoms with Gasteiger partial charge in [0.1, 0.15) is 11.8 Å². The number of rotatable bonds is 5. The number of benzene rings is 2. The summed E-state index contributed by atoms with van der Waals surface area (Å²) >= 11 is 0. The van der Waals surface area contributed by atoms with Gasteiger partial charge in [0.25, 0.3) is 5.56 Å². The van der Waals surface area contributed by atoms with Crippen molar-refractivity contribution in [3.05, 3.63) is 75.6 Å². The predicted molar refractivity (Wildman–Crippen MR) is 122 cm³/mol. The molecule has 0 bridgehead atoms. The van der Waals surface area contributed by atoms with Crippen LogP contribution in [0.1, 0.15) is 42.5 Å². The Hall–Kier alpha value is -3.41. The maximum absolute atomic E-state index is 13.2. The molecule has 0 radical (unpaired) electrons. The molecule has 1 aliphatic carbocycles. The molecular weight excluding hydrogens is 390 g/mol. The molecule has 1 atom stereocenters. The van der Waals surface area contributed by atoms with Gasteiger partial charge in [-0.15, -0.1) is 0 Å². The van der Waals surface area contributed by atoms with E-state index in [1.54, 1.807) is 38.3 Å². The summed E-state index contributed by atoms with van der Waals surface area (Å²) < 4.78 is 6.50. The summed E-state index contributed by atoms with van der Waals surface area (Å²) in [5.74, 6) is 0.423. The van der Waals surface area contributed by atoms with E-state index in [4.69, 9.17) is 9.84 Å². The van der Waals surface area contributed by atoms with Crippen molar-refractivity contribution in [2.75, 3.05) is 12.4 Å². The van der Waals surface area contributed by atoms with E-state index in [2.05, 4.69) is 5.32 Å². The standard InChI is InChI=1S/C25H27N3O3/c1-16-8-10-18(11-9-16)23-21-6-4-5-7-22(21)25(30)28(27-23)17(2)24(29)26-19-12-14-20(31-3)15-13-19/h8-15,17H,4-7H2,1-3H3,(H,26,29)/t17-/m1/s1. The number of nitrogens with zero attached hydrogens (tertiary/aromatic N) is 2. The quantitative estimate of drug-likeness (QED) is 0.672. The van der Waals surface area contributed by atoms with Crippen molar-refractivity contribution in [3.63, 3.8) is 0 Å². The molecule has 0 unspecified atom stereocenters. The van der Waals surface area contributed by atoms with Gasteiger partial charge >= 0.3 is 0 Å². The van der Waals surface area contributed by atoms with E-state index in [1.807, 2.05) is 31.2 Å².